The van der Waals surface area contributed by atoms with Crippen molar-refractivity contribution in [2.75, 3.05) is 0 Å². The molecular weight excluding hydrogens is 282 g/mol. The zero-order valence-electron chi connectivity index (χ0n) is 12.7. The number of fused-ring (bicyclic) bond motifs is 1. The lowest BCUT2D eigenvalue weighted by molar-refractivity contribution is 0.578. The number of aryl methyl sites for hydroxylation is 1. The predicted molar refractivity (Wildman–Crippen MR) is 84.9 cm³/mol. The van der Waals surface area contributed by atoms with E-state index in [0.717, 1.165) is 35.6 Å². The highest BCUT2D eigenvalue weighted by Crippen LogP contribution is 2.37. The molecule has 0 bridgehead atoms. The standard InChI is InChI=1S/C17H20ClN3/c1-10(2)17-20-14(11(3)16(18)21-17)13-8-4-6-12-7-5-9-19-15(12)13/h5,7,9-10,13H,4,6,8H2,1-3H3. The number of aromatic nitrogens is 3. The van der Waals surface area contributed by atoms with Crippen LogP contribution in [0.15, 0.2) is 18.3 Å². The lowest BCUT2D eigenvalue weighted by Gasteiger charge is -2.25. The zero-order valence-corrected chi connectivity index (χ0v) is 13.5. The normalized spacial score (nSPS) is 17.9. The first-order chi connectivity index (χ1) is 10.1. The number of rotatable bonds is 2. The Kier molecular flexibility index (Phi) is 3.94. The van der Waals surface area contributed by atoms with Crippen molar-refractivity contribution in [2.24, 2.45) is 0 Å². The van der Waals surface area contributed by atoms with Crippen molar-refractivity contribution in [3.05, 3.63) is 51.8 Å². The number of nitrogens with zero attached hydrogens (tertiary/aromatic N) is 3. The molecule has 21 heavy (non-hydrogen) atoms. The minimum absolute atomic E-state index is 0.243. The topological polar surface area (TPSA) is 38.7 Å². The fraction of sp³-hybridized carbons (Fsp3) is 0.471. The second-order valence-corrected chi connectivity index (χ2v) is 6.39. The van der Waals surface area contributed by atoms with Gasteiger partial charge in [0.1, 0.15) is 11.0 Å². The quantitative estimate of drug-likeness (QED) is 0.770. The molecule has 3 rings (SSSR count). The van der Waals surface area contributed by atoms with Crippen LogP contribution in [0.3, 0.4) is 0 Å². The van der Waals surface area contributed by atoms with E-state index in [1.807, 2.05) is 19.2 Å². The molecule has 0 fully saturated rings. The third-order valence-electron chi connectivity index (χ3n) is 4.18. The van der Waals surface area contributed by atoms with E-state index < -0.39 is 0 Å². The molecule has 0 N–H and O–H groups in total. The van der Waals surface area contributed by atoms with Crippen LogP contribution in [0.1, 0.15) is 66.9 Å². The van der Waals surface area contributed by atoms with E-state index in [-0.39, 0.29) is 11.8 Å². The molecule has 1 aliphatic carbocycles. The summed E-state index contributed by atoms with van der Waals surface area (Å²) in [4.78, 5) is 13.9. The van der Waals surface area contributed by atoms with Gasteiger partial charge in [-0.2, -0.15) is 0 Å². The van der Waals surface area contributed by atoms with Gasteiger partial charge in [0.05, 0.1) is 11.4 Å². The average molecular weight is 302 g/mol. The van der Waals surface area contributed by atoms with Crippen LogP contribution in [0.2, 0.25) is 5.15 Å². The summed E-state index contributed by atoms with van der Waals surface area (Å²) in [5.74, 6) is 1.34. The van der Waals surface area contributed by atoms with Crippen molar-refractivity contribution in [3.63, 3.8) is 0 Å². The summed E-state index contributed by atoms with van der Waals surface area (Å²) in [6, 6.07) is 4.19. The van der Waals surface area contributed by atoms with Crippen LogP contribution >= 0.6 is 11.6 Å². The molecule has 2 aromatic heterocycles. The third kappa shape index (κ3) is 2.67. The minimum Gasteiger partial charge on any atom is -0.260 e. The first-order valence-corrected chi connectivity index (χ1v) is 7.93. The Hall–Kier alpha value is -1.48. The predicted octanol–water partition coefficient (Wildman–Crippen LogP) is 4.43. The number of pyridine rings is 1. The summed E-state index contributed by atoms with van der Waals surface area (Å²) in [5.41, 5.74) is 4.55. The Balaban J connectivity index is 2.13. The maximum atomic E-state index is 6.34. The van der Waals surface area contributed by atoms with E-state index in [1.165, 1.54) is 12.0 Å². The molecule has 3 nitrogen and oxygen atoms in total. The third-order valence-corrected chi connectivity index (χ3v) is 4.55. The smallest absolute Gasteiger partial charge is 0.135 e. The molecule has 2 aromatic rings. The molecule has 1 aliphatic rings. The Bertz CT molecular complexity index is 667. The Morgan fingerprint density at radius 3 is 2.81 bits per heavy atom. The zero-order chi connectivity index (χ0) is 15.0. The highest BCUT2D eigenvalue weighted by atomic mass is 35.5. The summed E-state index contributed by atoms with van der Waals surface area (Å²) in [5, 5.41) is 0.576. The summed E-state index contributed by atoms with van der Waals surface area (Å²) >= 11 is 6.34. The number of hydrogen-bond donors (Lipinski definition) is 0. The van der Waals surface area contributed by atoms with E-state index in [0.29, 0.717) is 5.15 Å². The van der Waals surface area contributed by atoms with E-state index in [4.69, 9.17) is 16.6 Å². The van der Waals surface area contributed by atoms with Crippen molar-refractivity contribution in [1.82, 2.24) is 15.0 Å². The van der Waals surface area contributed by atoms with E-state index in [1.54, 1.807) is 0 Å². The minimum atomic E-state index is 0.243. The molecule has 0 saturated carbocycles. The molecule has 110 valence electrons. The van der Waals surface area contributed by atoms with Crippen molar-refractivity contribution in [2.45, 2.75) is 51.9 Å². The van der Waals surface area contributed by atoms with Gasteiger partial charge < -0.3 is 0 Å². The summed E-state index contributed by atoms with van der Waals surface area (Å²) in [6.07, 6.45) is 5.23. The van der Waals surface area contributed by atoms with Gasteiger partial charge in [-0.05, 0) is 37.8 Å². The molecule has 0 saturated heterocycles. The fourth-order valence-corrected chi connectivity index (χ4v) is 3.18. The molecule has 1 unspecified atom stereocenters. The van der Waals surface area contributed by atoms with Crippen molar-refractivity contribution in [3.8, 4) is 0 Å². The maximum absolute atomic E-state index is 6.34. The van der Waals surface area contributed by atoms with Gasteiger partial charge in [-0.3, -0.25) is 4.98 Å². The molecule has 0 amide bonds. The highest BCUT2D eigenvalue weighted by Gasteiger charge is 2.27. The molecule has 4 heteroatoms. The molecule has 0 aromatic carbocycles. The number of halogens is 1. The van der Waals surface area contributed by atoms with Gasteiger partial charge in [-0.1, -0.05) is 31.5 Å². The van der Waals surface area contributed by atoms with E-state index in [9.17, 15) is 0 Å². The maximum Gasteiger partial charge on any atom is 0.135 e. The van der Waals surface area contributed by atoms with Gasteiger partial charge >= 0.3 is 0 Å². The fourth-order valence-electron chi connectivity index (χ4n) is 3.00. The molecule has 1 atom stereocenters. The lowest BCUT2D eigenvalue weighted by atomic mass is 9.83. The largest absolute Gasteiger partial charge is 0.260 e. The summed E-state index contributed by atoms with van der Waals surface area (Å²) < 4.78 is 0. The number of hydrogen-bond acceptors (Lipinski definition) is 3. The lowest BCUT2D eigenvalue weighted by Crippen LogP contribution is -2.17. The second kappa shape index (κ2) is 5.72. The Labute approximate surface area is 130 Å². The summed E-state index contributed by atoms with van der Waals surface area (Å²) in [6.45, 7) is 6.20. The highest BCUT2D eigenvalue weighted by molar-refractivity contribution is 6.30. The monoisotopic (exact) mass is 301 g/mol. The van der Waals surface area contributed by atoms with Gasteiger partial charge in [-0.25, -0.2) is 9.97 Å². The first kappa shape index (κ1) is 14.5. The average Bonchev–Trinajstić information content (AvgIpc) is 2.49. The SMILES string of the molecule is Cc1c(Cl)nc(C(C)C)nc1C1CCCc2cccnc21. The molecule has 0 aliphatic heterocycles. The van der Waals surface area contributed by atoms with Gasteiger partial charge in [0.2, 0.25) is 0 Å². The van der Waals surface area contributed by atoms with Crippen LogP contribution in [0.25, 0.3) is 0 Å². The second-order valence-electron chi connectivity index (χ2n) is 6.03. The Morgan fingerprint density at radius 1 is 1.24 bits per heavy atom. The van der Waals surface area contributed by atoms with Crippen LogP contribution in [-0.2, 0) is 6.42 Å². The molecule has 0 spiro atoms. The van der Waals surface area contributed by atoms with Crippen LogP contribution in [0.4, 0.5) is 0 Å². The van der Waals surface area contributed by atoms with Crippen LogP contribution in [0, 0.1) is 6.92 Å². The Morgan fingerprint density at radius 2 is 2.05 bits per heavy atom. The molecular formula is C17H20ClN3. The molecule has 0 radical (unpaired) electrons. The van der Waals surface area contributed by atoms with Gasteiger partial charge in [0.15, 0.2) is 0 Å². The van der Waals surface area contributed by atoms with Crippen molar-refractivity contribution >= 4 is 11.6 Å². The van der Waals surface area contributed by atoms with Crippen molar-refractivity contribution < 1.29 is 0 Å². The van der Waals surface area contributed by atoms with Crippen LogP contribution in [0.5, 0.6) is 0 Å². The van der Waals surface area contributed by atoms with Crippen LogP contribution < -0.4 is 0 Å². The first-order valence-electron chi connectivity index (χ1n) is 7.55. The van der Waals surface area contributed by atoms with E-state index in [2.05, 4.69) is 29.9 Å². The van der Waals surface area contributed by atoms with Gasteiger partial charge in [0, 0.05) is 23.6 Å². The summed E-state index contributed by atoms with van der Waals surface area (Å²) in [7, 11) is 0. The van der Waals surface area contributed by atoms with E-state index >= 15 is 0 Å². The van der Waals surface area contributed by atoms with Crippen molar-refractivity contribution in [1.29, 1.82) is 0 Å². The van der Waals surface area contributed by atoms with Gasteiger partial charge in [0.25, 0.3) is 0 Å². The van der Waals surface area contributed by atoms with Gasteiger partial charge in [-0.15, -0.1) is 0 Å². The molecule has 2 heterocycles. The van der Waals surface area contributed by atoms with Crippen LogP contribution in [-0.4, -0.2) is 15.0 Å².